The number of nitrogens with one attached hydrogen (secondary N) is 1. The first-order valence-corrected chi connectivity index (χ1v) is 7.18. The van der Waals surface area contributed by atoms with E-state index in [1.54, 1.807) is 6.33 Å². The van der Waals surface area contributed by atoms with E-state index >= 15 is 0 Å². The minimum absolute atomic E-state index is 0.0189. The molecule has 20 heavy (non-hydrogen) atoms. The predicted octanol–water partition coefficient (Wildman–Crippen LogP) is 0.198. The predicted molar refractivity (Wildman–Crippen MR) is 74.1 cm³/mol. The molecular weight excluding hydrogens is 258 g/mol. The number of amides is 1. The Morgan fingerprint density at radius 1 is 1.50 bits per heavy atom. The Balaban J connectivity index is 1.84. The minimum atomic E-state index is -0.127. The molecule has 0 radical (unpaired) electrons. The van der Waals surface area contributed by atoms with Gasteiger partial charge in [0.1, 0.15) is 6.33 Å². The zero-order chi connectivity index (χ0) is 14.4. The van der Waals surface area contributed by atoms with Gasteiger partial charge in [-0.1, -0.05) is 6.92 Å². The fourth-order valence-electron chi connectivity index (χ4n) is 2.33. The molecule has 1 amide bonds. The lowest BCUT2D eigenvalue weighted by atomic mass is 10.3. The molecule has 0 aliphatic carbocycles. The maximum Gasteiger partial charge on any atom is 0.234 e. The van der Waals surface area contributed by atoms with Crippen LogP contribution in [0.2, 0.25) is 0 Å². The van der Waals surface area contributed by atoms with Gasteiger partial charge in [-0.25, -0.2) is 0 Å². The van der Waals surface area contributed by atoms with Crippen molar-refractivity contribution < 1.29 is 9.53 Å². The van der Waals surface area contributed by atoms with Crippen LogP contribution in [0.3, 0.4) is 0 Å². The van der Waals surface area contributed by atoms with Crippen molar-refractivity contribution in [3.05, 3.63) is 12.2 Å². The molecule has 2 heterocycles. The Kier molecular flexibility index (Phi) is 5.49. The van der Waals surface area contributed by atoms with E-state index in [1.165, 1.54) is 0 Å². The fraction of sp³-hybridized carbons (Fsp3) is 0.769. The smallest absolute Gasteiger partial charge is 0.234 e. The van der Waals surface area contributed by atoms with E-state index in [1.807, 2.05) is 11.5 Å². The quantitative estimate of drug-likeness (QED) is 0.806. The minimum Gasteiger partial charge on any atom is -0.379 e. The SMILES string of the molecule is CCCn1cnnc1[C@@H](C)NC(=O)CN1CCOCC1. The van der Waals surface area contributed by atoms with Gasteiger partial charge in [0.05, 0.1) is 25.8 Å². The van der Waals surface area contributed by atoms with Crippen LogP contribution in [-0.2, 0) is 16.1 Å². The molecule has 112 valence electrons. The van der Waals surface area contributed by atoms with E-state index in [9.17, 15) is 4.79 Å². The zero-order valence-corrected chi connectivity index (χ0v) is 12.2. The van der Waals surface area contributed by atoms with Gasteiger partial charge in [-0.05, 0) is 13.3 Å². The Labute approximate surface area is 119 Å². The van der Waals surface area contributed by atoms with Crippen molar-refractivity contribution in [2.24, 2.45) is 0 Å². The number of hydrogen-bond acceptors (Lipinski definition) is 5. The summed E-state index contributed by atoms with van der Waals surface area (Å²) in [6, 6.07) is -0.127. The second-order valence-electron chi connectivity index (χ2n) is 5.06. The third-order valence-corrected chi connectivity index (χ3v) is 3.35. The number of ether oxygens (including phenoxy) is 1. The zero-order valence-electron chi connectivity index (χ0n) is 12.2. The molecule has 7 heteroatoms. The summed E-state index contributed by atoms with van der Waals surface area (Å²) in [4.78, 5) is 14.1. The summed E-state index contributed by atoms with van der Waals surface area (Å²) in [5.41, 5.74) is 0. The number of hydrogen-bond donors (Lipinski definition) is 1. The Morgan fingerprint density at radius 3 is 2.95 bits per heavy atom. The number of aryl methyl sites for hydroxylation is 1. The summed E-state index contributed by atoms with van der Waals surface area (Å²) in [6.45, 7) is 8.35. The highest BCUT2D eigenvalue weighted by atomic mass is 16.5. The maximum absolute atomic E-state index is 12.0. The van der Waals surface area contributed by atoms with Gasteiger partial charge in [-0.2, -0.15) is 0 Å². The average molecular weight is 281 g/mol. The summed E-state index contributed by atoms with van der Waals surface area (Å²) < 4.78 is 7.25. The summed E-state index contributed by atoms with van der Waals surface area (Å²) in [6.07, 6.45) is 2.73. The third kappa shape index (κ3) is 4.01. The van der Waals surface area contributed by atoms with Crippen LogP contribution in [0.25, 0.3) is 0 Å². The van der Waals surface area contributed by atoms with Crippen molar-refractivity contribution in [2.75, 3.05) is 32.8 Å². The topological polar surface area (TPSA) is 72.3 Å². The fourth-order valence-corrected chi connectivity index (χ4v) is 2.33. The lowest BCUT2D eigenvalue weighted by Gasteiger charge is -2.26. The number of nitrogens with zero attached hydrogens (tertiary/aromatic N) is 4. The van der Waals surface area contributed by atoms with Crippen molar-refractivity contribution in [1.29, 1.82) is 0 Å². The van der Waals surface area contributed by atoms with Gasteiger partial charge in [0, 0.05) is 19.6 Å². The molecule has 2 rings (SSSR count). The largest absolute Gasteiger partial charge is 0.379 e. The number of morpholine rings is 1. The summed E-state index contributed by atoms with van der Waals surface area (Å²) in [5.74, 6) is 0.827. The van der Waals surface area contributed by atoms with Crippen LogP contribution in [0.5, 0.6) is 0 Å². The monoisotopic (exact) mass is 281 g/mol. The normalized spacial score (nSPS) is 17.9. The van der Waals surface area contributed by atoms with Crippen molar-refractivity contribution in [3.8, 4) is 0 Å². The van der Waals surface area contributed by atoms with E-state index in [4.69, 9.17) is 4.74 Å². The molecule has 1 aromatic heterocycles. The number of carbonyl (C=O) groups is 1. The van der Waals surface area contributed by atoms with Crippen molar-refractivity contribution in [1.82, 2.24) is 25.0 Å². The molecule has 1 saturated heterocycles. The maximum atomic E-state index is 12.0. The van der Waals surface area contributed by atoms with Gasteiger partial charge in [0.2, 0.25) is 5.91 Å². The Morgan fingerprint density at radius 2 is 2.25 bits per heavy atom. The molecule has 1 aliphatic rings. The van der Waals surface area contributed by atoms with Crippen molar-refractivity contribution >= 4 is 5.91 Å². The molecule has 1 fully saturated rings. The molecule has 0 saturated carbocycles. The molecule has 0 aromatic carbocycles. The number of carbonyl (C=O) groups excluding carboxylic acids is 1. The van der Waals surface area contributed by atoms with Crippen LogP contribution < -0.4 is 5.32 Å². The van der Waals surface area contributed by atoms with E-state index in [2.05, 4.69) is 27.3 Å². The molecule has 1 aromatic rings. The van der Waals surface area contributed by atoms with Gasteiger partial charge >= 0.3 is 0 Å². The first-order valence-electron chi connectivity index (χ1n) is 7.18. The lowest BCUT2D eigenvalue weighted by molar-refractivity contribution is -0.123. The molecule has 0 spiro atoms. The van der Waals surface area contributed by atoms with Crippen LogP contribution >= 0.6 is 0 Å². The molecule has 0 unspecified atom stereocenters. The van der Waals surface area contributed by atoms with E-state index in [0.29, 0.717) is 19.8 Å². The van der Waals surface area contributed by atoms with Crippen LogP contribution in [0.1, 0.15) is 32.1 Å². The van der Waals surface area contributed by atoms with Gasteiger partial charge in [0.25, 0.3) is 0 Å². The average Bonchev–Trinajstić information content (AvgIpc) is 2.88. The number of rotatable bonds is 6. The third-order valence-electron chi connectivity index (χ3n) is 3.35. The van der Waals surface area contributed by atoms with Gasteiger partial charge < -0.3 is 14.6 Å². The first kappa shape index (κ1) is 14.9. The van der Waals surface area contributed by atoms with Gasteiger partial charge in [-0.15, -0.1) is 10.2 Å². The van der Waals surface area contributed by atoms with Crippen LogP contribution in [-0.4, -0.2) is 58.4 Å². The van der Waals surface area contributed by atoms with Gasteiger partial charge in [0.15, 0.2) is 5.82 Å². The molecule has 1 N–H and O–H groups in total. The highest BCUT2D eigenvalue weighted by Crippen LogP contribution is 2.09. The summed E-state index contributed by atoms with van der Waals surface area (Å²) >= 11 is 0. The molecule has 0 bridgehead atoms. The van der Waals surface area contributed by atoms with Crippen LogP contribution in [0.15, 0.2) is 6.33 Å². The highest BCUT2D eigenvalue weighted by Gasteiger charge is 2.18. The molecule has 1 atom stereocenters. The lowest BCUT2D eigenvalue weighted by Crippen LogP contribution is -2.43. The van der Waals surface area contributed by atoms with Crippen molar-refractivity contribution in [2.45, 2.75) is 32.9 Å². The van der Waals surface area contributed by atoms with E-state index < -0.39 is 0 Å². The highest BCUT2D eigenvalue weighted by molar-refractivity contribution is 5.78. The molecule has 1 aliphatic heterocycles. The second kappa shape index (κ2) is 7.35. The Hall–Kier alpha value is -1.47. The van der Waals surface area contributed by atoms with E-state index in [0.717, 1.165) is 31.9 Å². The summed E-state index contributed by atoms with van der Waals surface area (Å²) in [5, 5.41) is 11.0. The van der Waals surface area contributed by atoms with Crippen LogP contribution in [0.4, 0.5) is 0 Å². The van der Waals surface area contributed by atoms with Crippen LogP contribution in [0, 0.1) is 0 Å². The Bertz CT molecular complexity index is 428. The second-order valence-corrected chi connectivity index (χ2v) is 5.06. The standard InChI is InChI=1S/C13H23N5O2/c1-3-4-18-10-14-16-13(18)11(2)15-12(19)9-17-5-7-20-8-6-17/h10-11H,3-9H2,1-2H3,(H,15,19)/t11-/m1/s1. The van der Waals surface area contributed by atoms with E-state index in [-0.39, 0.29) is 11.9 Å². The summed E-state index contributed by atoms with van der Waals surface area (Å²) in [7, 11) is 0. The molecule has 7 nitrogen and oxygen atoms in total. The van der Waals surface area contributed by atoms with Gasteiger partial charge in [-0.3, -0.25) is 9.69 Å². The van der Waals surface area contributed by atoms with Crippen molar-refractivity contribution in [3.63, 3.8) is 0 Å². The first-order chi connectivity index (χ1) is 9.70. The molecular formula is C13H23N5O2. The number of aromatic nitrogens is 3.